The first-order chi connectivity index (χ1) is 14.7. The number of carbonyl (C=O) groups is 1. The lowest BCUT2D eigenvalue weighted by Crippen LogP contribution is -2.48. The number of nitrogens with zero attached hydrogens (tertiary/aromatic N) is 6. The minimum atomic E-state index is 0.174. The van der Waals surface area contributed by atoms with Gasteiger partial charge in [-0.3, -0.25) is 9.69 Å². The van der Waals surface area contributed by atoms with Gasteiger partial charge in [0.05, 0.1) is 6.42 Å². The third-order valence-corrected chi connectivity index (χ3v) is 5.33. The summed E-state index contributed by atoms with van der Waals surface area (Å²) in [5.74, 6) is 1.55. The highest BCUT2D eigenvalue weighted by Crippen LogP contribution is 2.15. The summed E-state index contributed by atoms with van der Waals surface area (Å²) in [5.41, 5.74) is 2.30. The van der Waals surface area contributed by atoms with E-state index in [1.807, 2.05) is 35.2 Å². The van der Waals surface area contributed by atoms with Gasteiger partial charge in [0.25, 0.3) is 0 Å². The highest BCUT2D eigenvalue weighted by molar-refractivity contribution is 5.79. The lowest BCUT2D eigenvalue weighted by molar-refractivity contribution is -0.132. The second-order valence-electron chi connectivity index (χ2n) is 7.47. The molecule has 8 heteroatoms. The van der Waals surface area contributed by atoms with E-state index >= 15 is 0 Å². The number of carbonyl (C=O) groups excluding carboxylic acids is 1. The molecule has 1 fully saturated rings. The number of ether oxygens (including phenoxy) is 1. The summed E-state index contributed by atoms with van der Waals surface area (Å²) in [7, 11) is 1.77. The van der Waals surface area contributed by atoms with Crippen molar-refractivity contribution in [1.82, 2.24) is 30.0 Å². The van der Waals surface area contributed by atoms with E-state index < -0.39 is 0 Å². The summed E-state index contributed by atoms with van der Waals surface area (Å²) in [6.45, 7) is 4.61. The van der Waals surface area contributed by atoms with Crippen molar-refractivity contribution in [3.05, 3.63) is 71.5 Å². The van der Waals surface area contributed by atoms with Gasteiger partial charge in [-0.15, -0.1) is 5.10 Å². The van der Waals surface area contributed by atoms with E-state index in [2.05, 4.69) is 44.7 Å². The Bertz CT molecular complexity index is 949. The molecule has 2 aromatic carbocycles. The van der Waals surface area contributed by atoms with Crippen LogP contribution in [0.4, 0.5) is 0 Å². The Morgan fingerprint density at radius 2 is 1.70 bits per heavy atom. The zero-order valence-corrected chi connectivity index (χ0v) is 17.1. The van der Waals surface area contributed by atoms with Gasteiger partial charge in [0.2, 0.25) is 5.91 Å². The minimum Gasteiger partial charge on any atom is -0.486 e. The third-order valence-electron chi connectivity index (χ3n) is 5.33. The number of benzene rings is 2. The average molecular weight is 406 g/mol. The number of aromatic nitrogens is 4. The standard InChI is InChI=1S/C22H26N6O2/c1-26-21(23-24-25-26)17-30-20-9-7-18(8-10-20)15-22(29)28-13-11-27(12-14-28)16-19-5-3-2-4-6-19/h2-10H,11-17H2,1H3. The highest BCUT2D eigenvalue weighted by Gasteiger charge is 2.21. The molecule has 0 unspecified atom stereocenters. The first kappa shape index (κ1) is 20.0. The molecular weight excluding hydrogens is 380 g/mol. The van der Waals surface area contributed by atoms with Crippen molar-refractivity contribution >= 4 is 5.91 Å². The molecule has 156 valence electrons. The number of amides is 1. The van der Waals surface area contributed by atoms with Gasteiger partial charge >= 0.3 is 0 Å². The summed E-state index contributed by atoms with van der Waals surface area (Å²) in [5, 5.41) is 11.3. The summed E-state index contributed by atoms with van der Waals surface area (Å²) >= 11 is 0. The van der Waals surface area contributed by atoms with Crippen LogP contribution in [0.15, 0.2) is 54.6 Å². The molecule has 0 spiro atoms. The average Bonchev–Trinajstić information content (AvgIpc) is 3.19. The van der Waals surface area contributed by atoms with E-state index in [0.717, 1.165) is 44.0 Å². The number of piperazine rings is 1. The molecule has 1 aliphatic rings. The van der Waals surface area contributed by atoms with E-state index in [1.165, 1.54) is 5.56 Å². The highest BCUT2D eigenvalue weighted by atomic mass is 16.5. The van der Waals surface area contributed by atoms with E-state index in [1.54, 1.807) is 11.7 Å². The molecule has 2 heterocycles. The van der Waals surface area contributed by atoms with Crippen LogP contribution in [0.1, 0.15) is 17.0 Å². The fourth-order valence-corrected chi connectivity index (χ4v) is 3.51. The molecule has 8 nitrogen and oxygen atoms in total. The molecule has 1 amide bonds. The molecule has 1 aliphatic heterocycles. The van der Waals surface area contributed by atoms with E-state index in [-0.39, 0.29) is 5.91 Å². The molecule has 30 heavy (non-hydrogen) atoms. The summed E-state index contributed by atoms with van der Waals surface area (Å²) in [6, 6.07) is 18.1. The normalized spacial score (nSPS) is 14.6. The fourth-order valence-electron chi connectivity index (χ4n) is 3.51. The summed E-state index contributed by atoms with van der Waals surface area (Å²) in [4.78, 5) is 17.1. The number of tetrazole rings is 1. The van der Waals surface area contributed by atoms with Crippen molar-refractivity contribution in [2.45, 2.75) is 19.6 Å². The molecule has 0 bridgehead atoms. The van der Waals surface area contributed by atoms with Crippen molar-refractivity contribution in [3.63, 3.8) is 0 Å². The van der Waals surface area contributed by atoms with Crippen LogP contribution in [0, 0.1) is 0 Å². The molecule has 0 saturated carbocycles. The SMILES string of the molecule is Cn1nnnc1COc1ccc(CC(=O)N2CCN(Cc3ccccc3)CC2)cc1. The summed E-state index contributed by atoms with van der Waals surface area (Å²) < 4.78 is 7.28. The Labute approximate surface area is 176 Å². The van der Waals surface area contributed by atoms with Crippen LogP contribution in [0.2, 0.25) is 0 Å². The number of rotatable bonds is 7. The largest absolute Gasteiger partial charge is 0.486 e. The monoisotopic (exact) mass is 406 g/mol. The van der Waals surface area contributed by atoms with Crippen molar-refractivity contribution in [1.29, 1.82) is 0 Å². The Hall–Kier alpha value is -3.26. The number of hydrogen-bond donors (Lipinski definition) is 0. The predicted molar refractivity (Wildman–Crippen MR) is 112 cm³/mol. The van der Waals surface area contributed by atoms with Gasteiger partial charge in [-0.1, -0.05) is 42.5 Å². The Morgan fingerprint density at radius 3 is 2.37 bits per heavy atom. The number of hydrogen-bond acceptors (Lipinski definition) is 6. The van der Waals surface area contributed by atoms with Crippen molar-refractivity contribution in [3.8, 4) is 5.75 Å². The van der Waals surface area contributed by atoms with Crippen LogP contribution in [0.5, 0.6) is 5.75 Å². The molecule has 0 atom stereocenters. The minimum absolute atomic E-state index is 0.174. The van der Waals surface area contributed by atoms with Gasteiger partial charge in [0.15, 0.2) is 5.82 Å². The molecule has 1 aromatic heterocycles. The van der Waals surface area contributed by atoms with Crippen molar-refractivity contribution in [2.75, 3.05) is 26.2 Å². The first-order valence-corrected chi connectivity index (χ1v) is 10.1. The molecular formula is C22H26N6O2. The van der Waals surface area contributed by atoms with Gasteiger partial charge in [0, 0.05) is 39.8 Å². The molecule has 0 radical (unpaired) electrons. The zero-order chi connectivity index (χ0) is 20.8. The van der Waals surface area contributed by atoms with Crippen LogP contribution in [0.25, 0.3) is 0 Å². The fraction of sp³-hybridized carbons (Fsp3) is 0.364. The van der Waals surface area contributed by atoms with Gasteiger partial charge in [-0.05, 0) is 33.7 Å². The van der Waals surface area contributed by atoms with E-state index in [0.29, 0.717) is 18.9 Å². The topological polar surface area (TPSA) is 76.4 Å². The Kier molecular flexibility index (Phi) is 6.34. The lowest BCUT2D eigenvalue weighted by atomic mass is 10.1. The van der Waals surface area contributed by atoms with Crippen LogP contribution < -0.4 is 4.74 Å². The van der Waals surface area contributed by atoms with Gasteiger partial charge < -0.3 is 9.64 Å². The maximum Gasteiger partial charge on any atom is 0.227 e. The number of aryl methyl sites for hydroxylation is 1. The molecule has 1 saturated heterocycles. The van der Waals surface area contributed by atoms with E-state index in [4.69, 9.17) is 4.74 Å². The van der Waals surface area contributed by atoms with Crippen LogP contribution in [-0.2, 0) is 31.4 Å². The second kappa shape index (κ2) is 9.49. The Balaban J connectivity index is 1.22. The molecule has 0 aliphatic carbocycles. The lowest BCUT2D eigenvalue weighted by Gasteiger charge is -2.34. The quantitative estimate of drug-likeness (QED) is 0.594. The molecule has 0 N–H and O–H groups in total. The predicted octanol–water partition coefficient (Wildman–Crippen LogP) is 1.68. The zero-order valence-electron chi connectivity index (χ0n) is 17.1. The first-order valence-electron chi connectivity index (χ1n) is 10.1. The van der Waals surface area contributed by atoms with Crippen LogP contribution >= 0.6 is 0 Å². The van der Waals surface area contributed by atoms with Gasteiger partial charge in [-0.25, -0.2) is 4.68 Å². The Morgan fingerprint density at radius 1 is 0.967 bits per heavy atom. The smallest absolute Gasteiger partial charge is 0.227 e. The van der Waals surface area contributed by atoms with Gasteiger partial charge in [0.1, 0.15) is 12.4 Å². The molecule has 4 rings (SSSR count). The summed E-state index contributed by atoms with van der Waals surface area (Å²) in [6.07, 6.45) is 0.409. The van der Waals surface area contributed by atoms with Crippen molar-refractivity contribution in [2.24, 2.45) is 7.05 Å². The third kappa shape index (κ3) is 5.21. The van der Waals surface area contributed by atoms with Gasteiger partial charge in [-0.2, -0.15) is 0 Å². The molecule has 3 aromatic rings. The van der Waals surface area contributed by atoms with Crippen LogP contribution in [0.3, 0.4) is 0 Å². The van der Waals surface area contributed by atoms with Crippen LogP contribution in [-0.4, -0.2) is 62.1 Å². The maximum absolute atomic E-state index is 12.7. The second-order valence-corrected chi connectivity index (χ2v) is 7.47. The van der Waals surface area contributed by atoms with E-state index in [9.17, 15) is 4.79 Å². The van der Waals surface area contributed by atoms with Crippen molar-refractivity contribution < 1.29 is 9.53 Å². The maximum atomic E-state index is 12.7.